The van der Waals surface area contributed by atoms with Gasteiger partial charge in [-0.25, -0.2) is 0 Å². The summed E-state index contributed by atoms with van der Waals surface area (Å²) in [6.45, 7) is 4.07. The number of fused-ring (bicyclic) bond motifs is 1. The zero-order valence-corrected chi connectivity index (χ0v) is 16.4. The Kier molecular flexibility index (Phi) is 6.07. The molecule has 0 saturated carbocycles. The monoisotopic (exact) mass is 415 g/mol. The Morgan fingerprint density at radius 3 is 2.62 bits per heavy atom. The molecule has 140 valence electrons. The number of likely N-dealkylation sites (tertiary alicyclic amines) is 1. The van der Waals surface area contributed by atoms with Crippen LogP contribution in [0, 0.1) is 0 Å². The molecule has 1 N–H and O–H groups in total. The van der Waals surface area contributed by atoms with Crippen molar-refractivity contribution in [2.75, 3.05) is 19.6 Å². The molecule has 9 heteroatoms. The van der Waals surface area contributed by atoms with Gasteiger partial charge in [0.05, 0.1) is 16.6 Å². The van der Waals surface area contributed by atoms with Crippen LogP contribution in [-0.2, 0) is 13.1 Å². The van der Waals surface area contributed by atoms with E-state index in [0.717, 1.165) is 44.1 Å². The van der Waals surface area contributed by atoms with Gasteiger partial charge < -0.3 is 14.8 Å². The van der Waals surface area contributed by atoms with Gasteiger partial charge in [-0.05, 0) is 31.0 Å². The van der Waals surface area contributed by atoms with Gasteiger partial charge in [-0.3, -0.25) is 4.79 Å². The van der Waals surface area contributed by atoms with Gasteiger partial charge in [-0.15, -0.1) is 22.6 Å². The van der Waals surface area contributed by atoms with E-state index in [9.17, 15) is 4.79 Å². The smallest absolute Gasteiger partial charge is 0.253 e. The Morgan fingerprint density at radius 2 is 1.88 bits per heavy atom. The minimum absolute atomic E-state index is 0. The highest BCUT2D eigenvalue weighted by Gasteiger charge is 2.29. The van der Waals surface area contributed by atoms with Gasteiger partial charge in [0.1, 0.15) is 11.6 Å². The van der Waals surface area contributed by atoms with Gasteiger partial charge in [0.2, 0.25) is 0 Å². The first-order valence-corrected chi connectivity index (χ1v) is 9.26. The normalized spacial score (nSPS) is 17.5. The lowest BCUT2D eigenvalue weighted by atomic mass is 9.95. The van der Waals surface area contributed by atoms with Crippen molar-refractivity contribution in [1.82, 2.24) is 25.0 Å². The Balaban J connectivity index is 0.00000196. The average molecular weight is 417 g/mol. The molecular weight excluding hydrogens is 397 g/mol. The number of piperidine rings is 1. The van der Waals surface area contributed by atoms with E-state index >= 15 is 0 Å². The minimum Gasteiger partial charge on any atom is -0.339 e. The third-order valence-electron chi connectivity index (χ3n) is 4.97. The Labute approximate surface area is 168 Å². The maximum absolute atomic E-state index is 12.7. The van der Waals surface area contributed by atoms with E-state index in [1.165, 1.54) is 0 Å². The van der Waals surface area contributed by atoms with Crippen molar-refractivity contribution in [2.24, 2.45) is 0 Å². The largest absolute Gasteiger partial charge is 0.339 e. The van der Waals surface area contributed by atoms with Gasteiger partial charge in [0, 0.05) is 37.7 Å². The number of aromatic nitrogens is 3. The molecule has 26 heavy (non-hydrogen) atoms. The fraction of sp³-hybridized carbons (Fsp3) is 0.471. The highest BCUT2D eigenvalue weighted by molar-refractivity contribution is 6.42. The second-order valence-electron chi connectivity index (χ2n) is 6.50. The lowest BCUT2D eigenvalue weighted by Crippen LogP contribution is -2.39. The van der Waals surface area contributed by atoms with Crippen LogP contribution >= 0.6 is 35.6 Å². The number of halogens is 3. The Hall–Kier alpha value is -1.34. The standard InChI is InChI=1S/C17H19Cl2N5O.ClH/c18-13-2-1-12(9-14(13)19)17(25)23-6-3-11(4-7-23)16-22-21-15-10-20-5-8-24(15)16;/h1-2,9,11,20H,3-8,10H2;1H. The van der Waals surface area contributed by atoms with Crippen molar-refractivity contribution in [1.29, 1.82) is 0 Å². The number of nitrogens with zero attached hydrogens (tertiary/aromatic N) is 4. The summed E-state index contributed by atoms with van der Waals surface area (Å²) in [4.78, 5) is 14.6. The third-order valence-corrected chi connectivity index (χ3v) is 5.70. The van der Waals surface area contributed by atoms with Gasteiger partial charge >= 0.3 is 0 Å². The van der Waals surface area contributed by atoms with Crippen LogP contribution in [0.2, 0.25) is 10.0 Å². The quantitative estimate of drug-likeness (QED) is 0.817. The molecule has 0 aliphatic carbocycles. The van der Waals surface area contributed by atoms with E-state index in [2.05, 4.69) is 20.1 Å². The first-order chi connectivity index (χ1) is 12.1. The summed E-state index contributed by atoms with van der Waals surface area (Å²) < 4.78 is 2.23. The van der Waals surface area contributed by atoms with Crippen LogP contribution in [0.5, 0.6) is 0 Å². The lowest BCUT2D eigenvalue weighted by molar-refractivity contribution is 0.0710. The molecule has 2 aliphatic rings. The van der Waals surface area contributed by atoms with Gasteiger partial charge in [0.15, 0.2) is 0 Å². The van der Waals surface area contributed by atoms with Crippen molar-refractivity contribution >= 4 is 41.5 Å². The molecule has 0 radical (unpaired) electrons. The van der Waals surface area contributed by atoms with Crippen LogP contribution in [0.4, 0.5) is 0 Å². The molecule has 1 fully saturated rings. The number of hydrogen-bond donors (Lipinski definition) is 1. The maximum atomic E-state index is 12.7. The summed E-state index contributed by atoms with van der Waals surface area (Å²) in [5, 5.41) is 12.9. The number of rotatable bonds is 2. The summed E-state index contributed by atoms with van der Waals surface area (Å²) in [6, 6.07) is 5.03. The molecule has 1 aromatic carbocycles. The molecule has 0 spiro atoms. The second-order valence-corrected chi connectivity index (χ2v) is 7.31. The number of benzene rings is 1. The molecule has 3 heterocycles. The van der Waals surface area contributed by atoms with Crippen LogP contribution in [0.3, 0.4) is 0 Å². The minimum atomic E-state index is 0. The lowest BCUT2D eigenvalue weighted by Gasteiger charge is -2.32. The molecule has 0 unspecified atom stereocenters. The number of hydrogen-bond acceptors (Lipinski definition) is 4. The third kappa shape index (κ3) is 3.69. The first kappa shape index (κ1) is 19.4. The van der Waals surface area contributed by atoms with Crippen LogP contribution in [0.15, 0.2) is 18.2 Å². The summed E-state index contributed by atoms with van der Waals surface area (Å²) in [5.74, 6) is 2.44. The predicted molar refractivity (Wildman–Crippen MR) is 103 cm³/mol. The molecule has 1 aromatic heterocycles. The highest BCUT2D eigenvalue weighted by atomic mass is 35.5. The van der Waals surface area contributed by atoms with Crippen LogP contribution in [0.25, 0.3) is 0 Å². The van der Waals surface area contributed by atoms with E-state index in [1.807, 2.05) is 4.90 Å². The molecule has 2 aliphatic heterocycles. The van der Waals surface area contributed by atoms with E-state index in [-0.39, 0.29) is 18.3 Å². The number of amides is 1. The number of carbonyl (C=O) groups excluding carboxylic acids is 1. The van der Waals surface area contributed by atoms with E-state index in [1.54, 1.807) is 18.2 Å². The van der Waals surface area contributed by atoms with Crippen molar-refractivity contribution in [3.05, 3.63) is 45.5 Å². The van der Waals surface area contributed by atoms with Crippen molar-refractivity contribution < 1.29 is 4.79 Å². The maximum Gasteiger partial charge on any atom is 0.253 e. The molecule has 2 aromatic rings. The molecule has 0 bridgehead atoms. The van der Waals surface area contributed by atoms with E-state index in [0.29, 0.717) is 34.6 Å². The van der Waals surface area contributed by atoms with Crippen LogP contribution in [-0.4, -0.2) is 45.2 Å². The van der Waals surface area contributed by atoms with Gasteiger partial charge in [-0.2, -0.15) is 0 Å². The molecule has 4 rings (SSSR count). The van der Waals surface area contributed by atoms with Crippen molar-refractivity contribution in [3.63, 3.8) is 0 Å². The van der Waals surface area contributed by atoms with E-state index < -0.39 is 0 Å². The zero-order valence-electron chi connectivity index (χ0n) is 14.1. The van der Waals surface area contributed by atoms with Crippen LogP contribution in [0.1, 0.15) is 40.8 Å². The molecule has 1 amide bonds. The summed E-state index contributed by atoms with van der Waals surface area (Å²) in [5.41, 5.74) is 0.582. The summed E-state index contributed by atoms with van der Waals surface area (Å²) in [7, 11) is 0. The topological polar surface area (TPSA) is 63.1 Å². The van der Waals surface area contributed by atoms with Crippen molar-refractivity contribution in [2.45, 2.75) is 31.8 Å². The zero-order chi connectivity index (χ0) is 17.4. The molecule has 1 saturated heterocycles. The number of carbonyl (C=O) groups is 1. The van der Waals surface area contributed by atoms with Crippen LogP contribution < -0.4 is 5.32 Å². The number of nitrogens with one attached hydrogen (secondary N) is 1. The highest BCUT2D eigenvalue weighted by Crippen LogP contribution is 2.29. The molecule has 6 nitrogen and oxygen atoms in total. The molecule has 0 atom stereocenters. The second kappa shape index (κ2) is 8.13. The average Bonchev–Trinajstić information content (AvgIpc) is 3.08. The Morgan fingerprint density at radius 1 is 1.12 bits per heavy atom. The Bertz CT molecular complexity index is 802. The van der Waals surface area contributed by atoms with Crippen molar-refractivity contribution in [3.8, 4) is 0 Å². The van der Waals surface area contributed by atoms with E-state index in [4.69, 9.17) is 23.2 Å². The first-order valence-electron chi connectivity index (χ1n) is 8.50. The molecular formula is C17H20Cl3N5O. The van der Waals surface area contributed by atoms with Gasteiger partial charge in [-0.1, -0.05) is 23.2 Å². The summed E-state index contributed by atoms with van der Waals surface area (Å²) in [6.07, 6.45) is 1.80. The van der Waals surface area contributed by atoms with Gasteiger partial charge in [0.25, 0.3) is 5.91 Å². The summed E-state index contributed by atoms with van der Waals surface area (Å²) >= 11 is 12.0. The SMILES string of the molecule is Cl.O=C(c1ccc(Cl)c(Cl)c1)N1CCC(c2nnc3n2CCNC3)CC1. The fourth-order valence-corrected chi connectivity index (χ4v) is 3.87. The predicted octanol–water partition coefficient (Wildman–Crippen LogP) is 3.13. The fourth-order valence-electron chi connectivity index (χ4n) is 3.57.